The molecule has 3 aromatic carbocycles. The molecule has 0 radical (unpaired) electrons. The summed E-state index contributed by atoms with van der Waals surface area (Å²) in [7, 11) is 0. The fraction of sp³-hybridized carbons (Fsp3) is 0.421. The Balaban J connectivity index is 1.34. The predicted octanol–water partition coefficient (Wildman–Crippen LogP) is 7.89. The van der Waals surface area contributed by atoms with Gasteiger partial charge in [-0.3, -0.25) is 9.59 Å². The zero-order valence-electron chi connectivity index (χ0n) is 27.4. The molecule has 5 nitrogen and oxygen atoms in total. The molecule has 5 rings (SSSR count). The van der Waals surface area contributed by atoms with Crippen LogP contribution in [0.25, 0.3) is 11.1 Å². The van der Waals surface area contributed by atoms with E-state index in [0.717, 1.165) is 61.7 Å². The lowest BCUT2D eigenvalue weighted by Crippen LogP contribution is -2.49. The minimum Gasteiger partial charge on any atom is -0.362 e. The zero-order valence-corrected chi connectivity index (χ0v) is 27.4. The van der Waals surface area contributed by atoms with E-state index in [1.54, 1.807) is 6.08 Å². The van der Waals surface area contributed by atoms with E-state index in [1.807, 2.05) is 34.1 Å². The van der Waals surface area contributed by atoms with Crippen LogP contribution in [-0.4, -0.2) is 65.2 Å². The molecule has 48 heavy (non-hydrogen) atoms. The minimum absolute atomic E-state index is 0.0300. The Morgan fingerprint density at radius 2 is 1.54 bits per heavy atom. The Morgan fingerprint density at radius 1 is 0.875 bits per heavy atom. The Bertz CT molecular complexity index is 1600. The molecular formula is C38H42F5N3O2. The highest BCUT2D eigenvalue weighted by Crippen LogP contribution is 2.38. The summed E-state index contributed by atoms with van der Waals surface area (Å²) in [6.45, 7) is 7.36. The monoisotopic (exact) mass is 667 g/mol. The van der Waals surface area contributed by atoms with Gasteiger partial charge in [-0.05, 0) is 79.2 Å². The number of hydrogen-bond donors (Lipinski definition) is 0. The molecule has 0 bridgehead atoms. The number of alkyl halides is 3. The molecule has 3 aromatic rings. The number of benzene rings is 3. The third-order valence-corrected chi connectivity index (χ3v) is 9.72. The van der Waals surface area contributed by atoms with Crippen LogP contribution in [0.3, 0.4) is 0 Å². The molecule has 1 fully saturated rings. The molecule has 2 atom stereocenters. The Kier molecular flexibility index (Phi) is 11.3. The van der Waals surface area contributed by atoms with Gasteiger partial charge in [-0.2, -0.15) is 13.2 Å². The molecular weight excluding hydrogens is 625 g/mol. The van der Waals surface area contributed by atoms with E-state index in [4.69, 9.17) is 0 Å². The molecule has 0 saturated heterocycles. The lowest BCUT2D eigenvalue weighted by Gasteiger charge is -2.40. The van der Waals surface area contributed by atoms with E-state index in [-0.39, 0.29) is 42.2 Å². The summed E-state index contributed by atoms with van der Waals surface area (Å²) in [6, 6.07) is 16.4. The Morgan fingerprint density at radius 3 is 2.19 bits per heavy atom. The summed E-state index contributed by atoms with van der Waals surface area (Å²) < 4.78 is 67.4. The molecule has 1 aliphatic carbocycles. The van der Waals surface area contributed by atoms with Gasteiger partial charge >= 0.3 is 6.18 Å². The highest BCUT2D eigenvalue weighted by molar-refractivity contribution is 5.94. The van der Waals surface area contributed by atoms with Gasteiger partial charge < -0.3 is 14.7 Å². The fourth-order valence-electron chi connectivity index (χ4n) is 6.87. The number of halogens is 5. The summed E-state index contributed by atoms with van der Waals surface area (Å²) >= 11 is 0. The number of likely N-dealkylation sites (N-methyl/N-ethyl adjacent to an activating group) is 1. The molecule has 256 valence electrons. The molecule has 1 amide bonds. The summed E-state index contributed by atoms with van der Waals surface area (Å²) in [5.41, 5.74) is 2.50. The Hall–Kier alpha value is -4.05. The van der Waals surface area contributed by atoms with Crippen LogP contribution in [0.2, 0.25) is 0 Å². The van der Waals surface area contributed by atoms with E-state index in [9.17, 15) is 31.5 Å². The molecule has 0 N–H and O–H groups in total. The Labute approximate surface area is 279 Å². The highest BCUT2D eigenvalue weighted by Gasteiger charge is 2.41. The summed E-state index contributed by atoms with van der Waals surface area (Å²) in [5.74, 6) is -2.07. The number of carbonyl (C=O) groups excluding carboxylic acids is 2. The van der Waals surface area contributed by atoms with Gasteiger partial charge in [-0.1, -0.05) is 68.8 Å². The van der Waals surface area contributed by atoms with Gasteiger partial charge in [0.1, 0.15) is 0 Å². The van der Waals surface area contributed by atoms with Gasteiger partial charge in [0, 0.05) is 43.4 Å². The van der Waals surface area contributed by atoms with Crippen LogP contribution in [0.15, 0.2) is 78.5 Å². The van der Waals surface area contributed by atoms with Crippen LogP contribution in [0, 0.1) is 17.6 Å². The lowest BCUT2D eigenvalue weighted by molar-refractivity contribution is -0.137. The van der Waals surface area contributed by atoms with Crippen LogP contribution in [0.5, 0.6) is 0 Å². The second kappa shape index (κ2) is 15.4. The van der Waals surface area contributed by atoms with Gasteiger partial charge in [-0.25, -0.2) is 8.78 Å². The highest BCUT2D eigenvalue weighted by atomic mass is 19.4. The maximum atomic E-state index is 14.5. The summed E-state index contributed by atoms with van der Waals surface area (Å²) in [6.07, 6.45) is 0.101. The number of fused-ring (bicyclic) bond motifs is 1. The third kappa shape index (κ3) is 8.32. The number of rotatable bonds is 13. The van der Waals surface area contributed by atoms with Crippen LogP contribution in [0.4, 0.5) is 22.0 Å². The van der Waals surface area contributed by atoms with Crippen molar-refractivity contribution in [3.05, 3.63) is 107 Å². The van der Waals surface area contributed by atoms with E-state index in [1.165, 1.54) is 24.3 Å². The average Bonchev–Trinajstić information content (AvgIpc) is 3.58. The van der Waals surface area contributed by atoms with Crippen molar-refractivity contribution in [2.45, 2.75) is 64.7 Å². The van der Waals surface area contributed by atoms with Gasteiger partial charge in [0.2, 0.25) is 5.91 Å². The van der Waals surface area contributed by atoms with Gasteiger partial charge in [-0.15, -0.1) is 0 Å². The molecule has 1 heterocycles. The molecule has 2 aliphatic rings. The number of aryl methyl sites for hydroxylation is 1. The molecule has 0 spiro atoms. The first-order chi connectivity index (χ1) is 23.0. The first-order valence-electron chi connectivity index (χ1n) is 16.7. The van der Waals surface area contributed by atoms with E-state index in [0.29, 0.717) is 37.3 Å². The van der Waals surface area contributed by atoms with Crippen molar-refractivity contribution in [3.8, 4) is 11.1 Å². The first kappa shape index (κ1) is 35.3. The van der Waals surface area contributed by atoms with Crippen LogP contribution in [-0.2, 0) is 28.7 Å². The second-order valence-electron chi connectivity index (χ2n) is 12.6. The molecule has 0 aromatic heterocycles. The van der Waals surface area contributed by atoms with Crippen molar-refractivity contribution >= 4 is 11.7 Å². The summed E-state index contributed by atoms with van der Waals surface area (Å²) in [5, 5.41) is 0. The predicted molar refractivity (Wildman–Crippen MR) is 176 cm³/mol. The first-order valence-corrected chi connectivity index (χ1v) is 16.7. The number of carbonyl (C=O) groups is 2. The number of nitrogens with zero attached hydrogens (tertiary/aromatic N) is 3. The number of hydrogen-bond acceptors (Lipinski definition) is 4. The van der Waals surface area contributed by atoms with Crippen molar-refractivity contribution in [1.82, 2.24) is 14.7 Å². The van der Waals surface area contributed by atoms with E-state index in [2.05, 4.69) is 18.7 Å². The molecule has 10 heteroatoms. The van der Waals surface area contributed by atoms with Crippen LogP contribution in [0.1, 0.15) is 56.2 Å². The molecule has 1 aliphatic heterocycles. The topological polar surface area (TPSA) is 43.9 Å². The van der Waals surface area contributed by atoms with Crippen molar-refractivity contribution in [3.63, 3.8) is 0 Å². The molecule has 1 saturated carbocycles. The average molecular weight is 668 g/mol. The number of amides is 1. The second-order valence-corrected chi connectivity index (χ2v) is 12.6. The van der Waals surface area contributed by atoms with Gasteiger partial charge in [0.05, 0.1) is 12.1 Å². The van der Waals surface area contributed by atoms with Crippen molar-refractivity contribution in [2.75, 3.05) is 32.7 Å². The number of allylic oxidation sites excluding steroid dienone is 2. The smallest absolute Gasteiger partial charge is 0.362 e. The van der Waals surface area contributed by atoms with E-state index >= 15 is 0 Å². The SMILES string of the molecule is CCN(CC)CCN(Cc1ccc(-c2ccc(C(F)(F)F)cc2)cc1)C(=O)CN1C(CCc2cccc(F)c2F)=CC(=O)C2CCCC21. The van der Waals surface area contributed by atoms with Gasteiger partial charge in [0.15, 0.2) is 17.4 Å². The van der Waals surface area contributed by atoms with Crippen LogP contribution >= 0.6 is 0 Å². The van der Waals surface area contributed by atoms with E-state index < -0.39 is 23.4 Å². The maximum absolute atomic E-state index is 14.5. The van der Waals surface area contributed by atoms with Crippen molar-refractivity contribution in [2.24, 2.45) is 5.92 Å². The normalized spacial score (nSPS) is 17.9. The molecule has 2 unspecified atom stereocenters. The van der Waals surface area contributed by atoms with Crippen molar-refractivity contribution < 1.29 is 31.5 Å². The van der Waals surface area contributed by atoms with Gasteiger partial charge in [0.25, 0.3) is 0 Å². The zero-order chi connectivity index (χ0) is 34.4. The van der Waals surface area contributed by atoms with Crippen LogP contribution < -0.4 is 0 Å². The summed E-state index contributed by atoms with van der Waals surface area (Å²) in [4.78, 5) is 33.3. The fourth-order valence-corrected chi connectivity index (χ4v) is 6.87. The quantitative estimate of drug-likeness (QED) is 0.174. The van der Waals surface area contributed by atoms with Crippen molar-refractivity contribution in [1.29, 1.82) is 0 Å². The third-order valence-electron chi connectivity index (χ3n) is 9.72. The lowest BCUT2D eigenvalue weighted by atomic mass is 9.90. The number of ketones is 1. The minimum atomic E-state index is -4.40. The standard InChI is InChI=1S/C38H42F5N3O2/c1-3-44(4-2)21-22-45(24-26-11-13-27(14-12-26)28-15-18-30(19-16-28)38(41,42)43)36(48)25-46-31(23-35(47)32-8-6-10-34(32)46)20-17-29-7-5-9-33(39)37(29)40/h5,7,9,11-16,18-19,23,32,34H,3-4,6,8,10,17,20-22,24-25H2,1-2H3. The maximum Gasteiger partial charge on any atom is 0.416 e. The largest absolute Gasteiger partial charge is 0.416 e.